The molecule has 2 amide bonds. The van der Waals surface area contributed by atoms with E-state index in [1.165, 1.54) is 0 Å². The van der Waals surface area contributed by atoms with Gasteiger partial charge in [0.2, 0.25) is 11.8 Å². The van der Waals surface area contributed by atoms with Gasteiger partial charge in [-0.1, -0.05) is 61.0 Å². The van der Waals surface area contributed by atoms with Gasteiger partial charge >= 0.3 is 0 Å². The summed E-state index contributed by atoms with van der Waals surface area (Å²) in [5.74, 6) is -0.179. The van der Waals surface area contributed by atoms with Crippen LogP contribution in [0.2, 0.25) is 5.02 Å². The first kappa shape index (κ1) is 21.0. The van der Waals surface area contributed by atoms with Gasteiger partial charge in [0, 0.05) is 18.1 Å². The Bertz CT molecular complexity index is 732. The molecule has 0 heterocycles. The first-order chi connectivity index (χ1) is 13.0. The Balaban J connectivity index is 2.10. The molecule has 0 unspecified atom stereocenters. The van der Waals surface area contributed by atoms with Gasteiger partial charge in [0.05, 0.1) is 6.42 Å². The summed E-state index contributed by atoms with van der Waals surface area (Å²) in [6, 6.07) is 16.7. The maximum Gasteiger partial charge on any atom is 0.242 e. The number of hydrogen-bond acceptors (Lipinski definition) is 2. The maximum atomic E-state index is 13.0. The van der Waals surface area contributed by atoms with Crippen LogP contribution in [0.1, 0.15) is 31.4 Å². The molecule has 27 heavy (non-hydrogen) atoms. The van der Waals surface area contributed by atoms with Gasteiger partial charge in [0.25, 0.3) is 0 Å². The summed E-state index contributed by atoms with van der Waals surface area (Å²) >= 11 is 5.92. The van der Waals surface area contributed by atoms with Crippen LogP contribution in [0.25, 0.3) is 0 Å². The second kappa shape index (κ2) is 10.7. The largest absolute Gasteiger partial charge is 0.354 e. The molecule has 0 saturated carbocycles. The highest BCUT2D eigenvalue weighted by atomic mass is 35.5. The Hall–Kier alpha value is -2.33. The number of benzene rings is 2. The van der Waals surface area contributed by atoms with Gasteiger partial charge in [-0.3, -0.25) is 9.59 Å². The molecule has 0 aliphatic carbocycles. The minimum absolute atomic E-state index is 0.0626. The summed E-state index contributed by atoms with van der Waals surface area (Å²) in [4.78, 5) is 27.1. The molecule has 1 N–H and O–H groups in total. The van der Waals surface area contributed by atoms with Crippen LogP contribution in [0.4, 0.5) is 0 Å². The summed E-state index contributed by atoms with van der Waals surface area (Å²) in [6.07, 6.45) is 1.82. The number of halogens is 1. The fourth-order valence-corrected chi connectivity index (χ4v) is 2.97. The molecule has 0 bridgehead atoms. The van der Waals surface area contributed by atoms with Crippen LogP contribution >= 0.6 is 11.6 Å². The van der Waals surface area contributed by atoms with Crippen molar-refractivity contribution in [3.8, 4) is 0 Å². The third-order valence-electron chi connectivity index (χ3n) is 4.47. The van der Waals surface area contributed by atoms with Gasteiger partial charge in [-0.25, -0.2) is 0 Å². The number of rotatable bonds is 9. The summed E-state index contributed by atoms with van der Waals surface area (Å²) in [5.41, 5.74) is 2.03. The van der Waals surface area contributed by atoms with Gasteiger partial charge in [-0.05, 0) is 43.0 Å². The monoisotopic (exact) mass is 386 g/mol. The minimum atomic E-state index is -0.514. The lowest BCUT2D eigenvalue weighted by Crippen LogP contribution is -2.49. The number of carbonyl (C=O) groups excluding carboxylic acids is 2. The molecular weight excluding hydrogens is 360 g/mol. The quantitative estimate of drug-likeness (QED) is 0.711. The van der Waals surface area contributed by atoms with Gasteiger partial charge in [0.1, 0.15) is 6.04 Å². The SMILES string of the molecule is CCCNC(=O)[C@@H](C)N(CCc1ccccc1)C(=O)Cc1ccc(Cl)cc1. The lowest BCUT2D eigenvalue weighted by Gasteiger charge is -2.29. The lowest BCUT2D eigenvalue weighted by molar-refractivity contribution is -0.139. The van der Waals surface area contributed by atoms with E-state index in [2.05, 4.69) is 5.32 Å². The van der Waals surface area contributed by atoms with Crippen molar-refractivity contribution < 1.29 is 9.59 Å². The predicted molar refractivity (Wildman–Crippen MR) is 110 cm³/mol. The Kier molecular flexibility index (Phi) is 8.34. The molecule has 0 aliphatic heterocycles. The van der Waals surface area contributed by atoms with E-state index in [1.807, 2.05) is 49.4 Å². The topological polar surface area (TPSA) is 49.4 Å². The van der Waals surface area contributed by atoms with Crippen LogP contribution in [-0.4, -0.2) is 35.8 Å². The molecular formula is C22H27ClN2O2. The van der Waals surface area contributed by atoms with E-state index in [9.17, 15) is 9.59 Å². The number of nitrogens with one attached hydrogen (secondary N) is 1. The number of amides is 2. The Labute approximate surface area is 166 Å². The van der Waals surface area contributed by atoms with Crippen LogP contribution in [0.5, 0.6) is 0 Å². The van der Waals surface area contributed by atoms with E-state index in [1.54, 1.807) is 24.0 Å². The van der Waals surface area contributed by atoms with E-state index in [0.29, 0.717) is 24.5 Å². The van der Waals surface area contributed by atoms with Crippen molar-refractivity contribution in [2.24, 2.45) is 0 Å². The standard InChI is InChI=1S/C22H27ClN2O2/c1-3-14-24-22(27)17(2)25(15-13-18-7-5-4-6-8-18)21(26)16-19-9-11-20(23)12-10-19/h4-12,17H,3,13-16H2,1-2H3,(H,24,27)/t17-/m1/s1. The molecule has 2 rings (SSSR count). The van der Waals surface area contributed by atoms with Gasteiger partial charge < -0.3 is 10.2 Å². The number of nitrogens with zero attached hydrogens (tertiary/aromatic N) is 1. The average molecular weight is 387 g/mol. The van der Waals surface area contributed by atoms with Crippen LogP contribution in [0, 0.1) is 0 Å². The lowest BCUT2D eigenvalue weighted by atomic mass is 10.1. The Morgan fingerprint density at radius 3 is 2.33 bits per heavy atom. The predicted octanol–water partition coefficient (Wildman–Crippen LogP) is 3.87. The Morgan fingerprint density at radius 2 is 1.70 bits per heavy atom. The van der Waals surface area contributed by atoms with Crippen LogP contribution in [0.15, 0.2) is 54.6 Å². The second-order valence-electron chi connectivity index (χ2n) is 6.59. The summed E-state index contributed by atoms with van der Waals surface area (Å²) < 4.78 is 0. The van der Waals surface area contributed by atoms with E-state index in [4.69, 9.17) is 11.6 Å². The van der Waals surface area contributed by atoms with E-state index < -0.39 is 6.04 Å². The molecule has 0 spiro atoms. The first-order valence-corrected chi connectivity index (χ1v) is 9.74. The molecule has 144 valence electrons. The molecule has 0 fully saturated rings. The smallest absolute Gasteiger partial charge is 0.242 e. The fraction of sp³-hybridized carbons (Fsp3) is 0.364. The summed E-state index contributed by atoms with van der Waals surface area (Å²) in [6.45, 7) is 4.90. The zero-order chi connectivity index (χ0) is 19.6. The number of hydrogen-bond donors (Lipinski definition) is 1. The summed E-state index contributed by atoms with van der Waals surface area (Å²) in [5, 5.41) is 3.53. The van der Waals surface area contributed by atoms with E-state index >= 15 is 0 Å². The maximum absolute atomic E-state index is 13.0. The molecule has 0 aromatic heterocycles. The highest BCUT2D eigenvalue weighted by Gasteiger charge is 2.25. The van der Waals surface area contributed by atoms with Crippen molar-refractivity contribution in [3.63, 3.8) is 0 Å². The van der Waals surface area contributed by atoms with Crippen molar-refractivity contribution in [2.45, 2.75) is 39.2 Å². The second-order valence-corrected chi connectivity index (χ2v) is 7.03. The molecule has 0 radical (unpaired) electrons. The van der Waals surface area contributed by atoms with Gasteiger partial charge in [0.15, 0.2) is 0 Å². The zero-order valence-electron chi connectivity index (χ0n) is 16.0. The normalized spacial score (nSPS) is 11.7. The van der Waals surface area contributed by atoms with Crippen LogP contribution in [0.3, 0.4) is 0 Å². The molecule has 0 saturated heterocycles. The van der Waals surface area contributed by atoms with Crippen molar-refractivity contribution in [1.82, 2.24) is 10.2 Å². The summed E-state index contributed by atoms with van der Waals surface area (Å²) in [7, 11) is 0. The van der Waals surface area contributed by atoms with Crippen molar-refractivity contribution in [3.05, 3.63) is 70.7 Å². The minimum Gasteiger partial charge on any atom is -0.354 e. The van der Waals surface area contributed by atoms with Crippen LogP contribution in [-0.2, 0) is 22.4 Å². The average Bonchev–Trinajstić information content (AvgIpc) is 2.68. The van der Waals surface area contributed by atoms with E-state index in [-0.39, 0.29) is 18.2 Å². The highest BCUT2D eigenvalue weighted by molar-refractivity contribution is 6.30. The molecule has 2 aromatic rings. The highest BCUT2D eigenvalue weighted by Crippen LogP contribution is 2.13. The van der Waals surface area contributed by atoms with Gasteiger partial charge in [-0.2, -0.15) is 0 Å². The third kappa shape index (κ3) is 6.72. The molecule has 2 aromatic carbocycles. The van der Waals surface area contributed by atoms with Crippen molar-refractivity contribution in [2.75, 3.05) is 13.1 Å². The number of carbonyl (C=O) groups is 2. The van der Waals surface area contributed by atoms with Gasteiger partial charge in [-0.15, -0.1) is 0 Å². The van der Waals surface area contributed by atoms with E-state index in [0.717, 1.165) is 17.5 Å². The fourth-order valence-electron chi connectivity index (χ4n) is 2.84. The zero-order valence-corrected chi connectivity index (χ0v) is 16.7. The molecule has 4 nitrogen and oxygen atoms in total. The van der Waals surface area contributed by atoms with Crippen LogP contribution < -0.4 is 5.32 Å². The molecule has 0 aliphatic rings. The Morgan fingerprint density at radius 1 is 1.04 bits per heavy atom. The van der Waals surface area contributed by atoms with Crippen molar-refractivity contribution >= 4 is 23.4 Å². The molecule has 5 heteroatoms. The molecule has 1 atom stereocenters. The third-order valence-corrected chi connectivity index (χ3v) is 4.72. The van der Waals surface area contributed by atoms with Crippen molar-refractivity contribution in [1.29, 1.82) is 0 Å². The first-order valence-electron chi connectivity index (χ1n) is 9.36.